The highest BCUT2D eigenvalue weighted by atomic mass is 32.2. The molecule has 0 saturated heterocycles. The van der Waals surface area contributed by atoms with Crippen LogP contribution in [0.3, 0.4) is 0 Å². The summed E-state index contributed by atoms with van der Waals surface area (Å²) in [5.41, 5.74) is 3.20. The summed E-state index contributed by atoms with van der Waals surface area (Å²) in [6.07, 6.45) is 3.49. The summed E-state index contributed by atoms with van der Waals surface area (Å²) in [4.78, 5) is 19.2. The number of carbonyl (C=O) groups excluding carboxylic acids is 1. The van der Waals surface area contributed by atoms with E-state index in [0.29, 0.717) is 24.3 Å². The molecule has 4 aromatic rings. The van der Waals surface area contributed by atoms with Crippen LogP contribution in [0.1, 0.15) is 22.4 Å². The number of carbonyl (C=O) groups is 1. The summed E-state index contributed by atoms with van der Waals surface area (Å²) in [6.45, 7) is 4.69. The maximum absolute atomic E-state index is 13.4. The van der Waals surface area contributed by atoms with Gasteiger partial charge in [0, 0.05) is 6.54 Å². The molecule has 0 aliphatic rings. The summed E-state index contributed by atoms with van der Waals surface area (Å²) >= 11 is 0. The van der Waals surface area contributed by atoms with Crippen LogP contribution in [0.25, 0.3) is 0 Å². The van der Waals surface area contributed by atoms with Crippen LogP contribution in [0.15, 0.2) is 115 Å². The van der Waals surface area contributed by atoms with Gasteiger partial charge in [0.15, 0.2) is 0 Å². The zero-order valence-electron chi connectivity index (χ0n) is 20.0. The van der Waals surface area contributed by atoms with Crippen LogP contribution in [0.4, 0.5) is 0 Å². The second-order valence-corrected chi connectivity index (χ2v) is 10.5. The lowest BCUT2D eigenvalue weighted by Gasteiger charge is -2.22. The first-order valence-electron chi connectivity index (χ1n) is 11.7. The number of hydrogen-bond donors (Lipinski definition) is 0. The highest BCUT2D eigenvalue weighted by Gasteiger charge is 2.25. The zero-order chi connectivity index (χ0) is 25.4. The van der Waals surface area contributed by atoms with Crippen molar-refractivity contribution in [2.45, 2.75) is 30.4 Å². The third kappa shape index (κ3) is 6.37. The predicted molar refractivity (Wildman–Crippen MR) is 141 cm³/mol. The molecule has 0 fully saturated rings. The highest BCUT2D eigenvalue weighted by molar-refractivity contribution is 7.90. The van der Waals surface area contributed by atoms with Gasteiger partial charge in [-0.25, -0.2) is 13.4 Å². The van der Waals surface area contributed by atoms with Crippen LogP contribution in [-0.2, 0) is 39.9 Å². The van der Waals surface area contributed by atoms with E-state index >= 15 is 0 Å². The summed E-state index contributed by atoms with van der Waals surface area (Å²) < 4.78 is 28.6. The zero-order valence-corrected chi connectivity index (χ0v) is 20.8. The lowest BCUT2D eigenvalue weighted by atomic mass is 10.1. The molecule has 3 aromatic carbocycles. The van der Waals surface area contributed by atoms with Gasteiger partial charge in [0.1, 0.15) is 0 Å². The summed E-state index contributed by atoms with van der Waals surface area (Å²) in [6, 6.07) is 28.2. The number of hydrogen-bond acceptors (Lipinski definition) is 4. The largest absolute Gasteiger partial charge is 0.333 e. The van der Waals surface area contributed by atoms with Crippen molar-refractivity contribution in [3.63, 3.8) is 0 Å². The minimum Gasteiger partial charge on any atom is -0.333 e. The maximum atomic E-state index is 13.4. The average molecular weight is 500 g/mol. The Hall–Kier alpha value is -3.97. The van der Waals surface area contributed by atoms with E-state index in [1.54, 1.807) is 33.9 Å². The van der Waals surface area contributed by atoms with Crippen molar-refractivity contribution in [3.05, 3.63) is 132 Å². The third-order valence-corrected chi connectivity index (χ3v) is 7.41. The van der Waals surface area contributed by atoms with Gasteiger partial charge in [0.25, 0.3) is 0 Å². The second kappa shape index (κ2) is 11.6. The first kappa shape index (κ1) is 25.1. The van der Waals surface area contributed by atoms with E-state index in [9.17, 15) is 13.2 Å². The fourth-order valence-electron chi connectivity index (χ4n) is 4.05. The molecule has 7 heteroatoms. The van der Waals surface area contributed by atoms with E-state index in [4.69, 9.17) is 0 Å². The fraction of sp³-hybridized carbons (Fsp3) is 0.172. The minimum absolute atomic E-state index is 0.000678. The van der Waals surface area contributed by atoms with Crippen molar-refractivity contribution >= 4 is 15.7 Å². The predicted octanol–water partition coefficient (Wildman–Crippen LogP) is 4.66. The Bertz CT molecular complexity index is 1400. The molecule has 0 bridgehead atoms. The number of sulfone groups is 1. The van der Waals surface area contributed by atoms with Gasteiger partial charge in [-0.1, -0.05) is 97.1 Å². The van der Waals surface area contributed by atoms with Crippen molar-refractivity contribution in [1.82, 2.24) is 14.5 Å². The molecule has 0 aliphatic heterocycles. The molecule has 1 aromatic heterocycles. The van der Waals surface area contributed by atoms with Crippen molar-refractivity contribution in [1.29, 1.82) is 0 Å². The van der Waals surface area contributed by atoms with Gasteiger partial charge in [-0.2, -0.15) is 0 Å². The van der Waals surface area contributed by atoms with Crippen LogP contribution in [0, 0.1) is 0 Å². The van der Waals surface area contributed by atoms with E-state index < -0.39 is 9.84 Å². The Balaban J connectivity index is 1.66. The molecule has 4 rings (SSSR count). The number of imidazole rings is 1. The molecule has 0 saturated carbocycles. The molecule has 1 heterocycles. The lowest BCUT2D eigenvalue weighted by Crippen LogP contribution is -2.33. The van der Waals surface area contributed by atoms with Gasteiger partial charge < -0.3 is 9.47 Å². The van der Waals surface area contributed by atoms with Gasteiger partial charge in [0.05, 0.1) is 37.2 Å². The fourth-order valence-corrected chi connectivity index (χ4v) is 5.54. The normalized spacial score (nSPS) is 11.2. The Morgan fingerprint density at radius 1 is 0.861 bits per heavy atom. The summed E-state index contributed by atoms with van der Waals surface area (Å²) in [5, 5.41) is -0.000678. The Morgan fingerprint density at radius 2 is 1.42 bits per heavy atom. The molecule has 1 amide bonds. The first-order chi connectivity index (χ1) is 17.5. The van der Waals surface area contributed by atoms with Gasteiger partial charge in [-0.3, -0.25) is 4.79 Å². The van der Waals surface area contributed by atoms with E-state index in [-0.39, 0.29) is 29.8 Å². The number of nitrogens with zero attached hydrogens (tertiary/aromatic N) is 3. The van der Waals surface area contributed by atoms with Gasteiger partial charge in [0.2, 0.25) is 20.9 Å². The molecule has 0 atom stereocenters. The van der Waals surface area contributed by atoms with Crippen molar-refractivity contribution in [2.24, 2.45) is 0 Å². The van der Waals surface area contributed by atoms with Crippen molar-refractivity contribution in [2.75, 3.05) is 6.54 Å². The Morgan fingerprint density at radius 3 is 2.00 bits per heavy atom. The minimum atomic E-state index is -3.73. The number of amides is 1. The number of benzene rings is 3. The van der Waals surface area contributed by atoms with Crippen LogP contribution >= 0.6 is 0 Å². The van der Waals surface area contributed by atoms with E-state index in [2.05, 4.69) is 11.6 Å². The summed E-state index contributed by atoms with van der Waals surface area (Å²) in [7, 11) is -3.73. The van der Waals surface area contributed by atoms with Gasteiger partial charge in [-0.05, 0) is 16.7 Å². The Kier molecular flexibility index (Phi) is 8.13. The van der Waals surface area contributed by atoms with Crippen molar-refractivity contribution in [3.8, 4) is 0 Å². The second-order valence-electron chi connectivity index (χ2n) is 8.57. The summed E-state index contributed by atoms with van der Waals surface area (Å²) in [5.74, 6) is -0.218. The molecule has 0 N–H and O–H groups in total. The van der Waals surface area contributed by atoms with Gasteiger partial charge in [-0.15, -0.1) is 6.58 Å². The standard InChI is InChI=1S/C29H29N3O3S/c1-2-18-31(28(33)19-24-12-6-3-7-13-24)22-27-20-30-29(32(27)21-25-14-8-4-9-15-25)36(34,35)23-26-16-10-5-11-17-26/h2-17,20H,1,18-19,21-23H2. The van der Waals surface area contributed by atoms with E-state index in [1.807, 2.05) is 78.9 Å². The average Bonchev–Trinajstić information content (AvgIpc) is 3.28. The lowest BCUT2D eigenvalue weighted by molar-refractivity contribution is -0.130. The first-order valence-corrected chi connectivity index (χ1v) is 13.4. The van der Waals surface area contributed by atoms with Crippen LogP contribution in [0.2, 0.25) is 0 Å². The molecule has 0 aliphatic carbocycles. The Labute approximate surface area is 212 Å². The molecule has 36 heavy (non-hydrogen) atoms. The third-order valence-electron chi connectivity index (χ3n) is 5.82. The van der Waals surface area contributed by atoms with E-state index in [1.165, 1.54) is 0 Å². The molecular weight excluding hydrogens is 470 g/mol. The molecular formula is C29H29N3O3S. The monoisotopic (exact) mass is 499 g/mol. The molecule has 0 radical (unpaired) electrons. The number of aromatic nitrogens is 2. The van der Waals surface area contributed by atoms with Crippen LogP contribution < -0.4 is 0 Å². The van der Waals surface area contributed by atoms with Crippen LogP contribution in [-0.4, -0.2) is 35.3 Å². The smallest absolute Gasteiger partial charge is 0.228 e. The number of rotatable bonds is 11. The van der Waals surface area contributed by atoms with E-state index in [0.717, 1.165) is 11.1 Å². The maximum Gasteiger partial charge on any atom is 0.228 e. The molecule has 184 valence electrons. The van der Waals surface area contributed by atoms with Crippen molar-refractivity contribution < 1.29 is 13.2 Å². The molecule has 6 nitrogen and oxygen atoms in total. The van der Waals surface area contributed by atoms with Gasteiger partial charge >= 0.3 is 0 Å². The van der Waals surface area contributed by atoms with Crippen LogP contribution in [0.5, 0.6) is 0 Å². The quantitative estimate of drug-likeness (QED) is 0.281. The topological polar surface area (TPSA) is 72.3 Å². The molecule has 0 spiro atoms. The molecule has 0 unspecified atom stereocenters. The SMILES string of the molecule is C=CCN(Cc1cnc(S(=O)(=O)Cc2ccccc2)n1Cc1ccccc1)C(=O)Cc1ccccc1. The highest BCUT2D eigenvalue weighted by Crippen LogP contribution is 2.21.